The maximum atomic E-state index is 12.7. The van der Waals surface area contributed by atoms with Gasteiger partial charge in [0, 0.05) is 10.9 Å². The molecule has 0 fully saturated rings. The first kappa shape index (κ1) is 19.5. The van der Waals surface area contributed by atoms with E-state index in [2.05, 4.69) is 0 Å². The molecule has 2 aromatic carbocycles. The van der Waals surface area contributed by atoms with Gasteiger partial charge >= 0.3 is 11.9 Å². The number of phenols is 1. The smallest absolute Gasteiger partial charge is 0.342 e. The first-order valence-corrected chi connectivity index (χ1v) is 9.01. The second-order valence-electron chi connectivity index (χ2n) is 5.69. The number of thiophene rings is 1. The zero-order valence-electron chi connectivity index (χ0n) is 15.7. The van der Waals surface area contributed by atoms with Gasteiger partial charge in [-0.1, -0.05) is 6.07 Å². The molecule has 0 unspecified atom stereocenters. The van der Waals surface area contributed by atoms with Gasteiger partial charge in [0.25, 0.3) is 0 Å². The van der Waals surface area contributed by atoms with Crippen LogP contribution in [0.4, 0.5) is 0 Å². The van der Waals surface area contributed by atoms with Gasteiger partial charge in [0.1, 0.15) is 11.3 Å². The van der Waals surface area contributed by atoms with Crippen molar-refractivity contribution >= 4 is 33.4 Å². The molecule has 0 radical (unpaired) electrons. The van der Waals surface area contributed by atoms with Gasteiger partial charge in [-0.15, -0.1) is 11.3 Å². The van der Waals surface area contributed by atoms with Crippen molar-refractivity contribution in [3.05, 3.63) is 40.8 Å². The maximum Gasteiger partial charge on any atom is 0.342 e. The molecule has 8 heteroatoms. The maximum absolute atomic E-state index is 12.7. The van der Waals surface area contributed by atoms with E-state index in [9.17, 15) is 14.7 Å². The highest BCUT2D eigenvalue weighted by atomic mass is 32.1. The molecule has 146 valence electrons. The predicted molar refractivity (Wildman–Crippen MR) is 105 cm³/mol. The van der Waals surface area contributed by atoms with Crippen LogP contribution in [0.25, 0.3) is 21.2 Å². The van der Waals surface area contributed by atoms with Crippen LogP contribution < -0.4 is 9.47 Å². The summed E-state index contributed by atoms with van der Waals surface area (Å²) >= 11 is 1.24. The van der Waals surface area contributed by atoms with E-state index in [0.29, 0.717) is 32.7 Å². The van der Waals surface area contributed by atoms with Crippen LogP contribution in [0.3, 0.4) is 0 Å². The molecule has 0 spiro atoms. The van der Waals surface area contributed by atoms with Crippen LogP contribution in [0.1, 0.15) is 20.7 Å². The molecule has 0 aliphatic rings. The Morgan fingerprint density at radius 2 is 1.54 bits per heavy atom. The standard InChI is InChI=1S/C20H18O7S/c1-24-12-6-5-10(9-13(12)25-2)14-11-7-8-28-18(11)17(21)16(20(23)27-4)15(14)19(22)26-3/h5-9,21H,1-4H3. The van der Waals surface area contributed by atoms with E-state index in [4.69, 9.17) is 18.9 Å². The van der Waals surface area contributed by atoms with Gasteiger partial charge in [-0.2, -0.15) is 0 Å². The van der Waals surface area contributed by atoms with E-state index in [0.717, 1.165) is 0 Å². The Hall–Kier alpha value is -3.26. The molecule has 0 aliphatic carbocycles. The number of benzene rings is 2. The zero-order valence-corrected chi connectivity index (χ0v) is 16.5. The van der Waals surface area contributed by atoms with Crippen molar-refractivity contribution in [2.75, 3.05) is 28.4 Å². The largest absolute Gasteiger partial charge is 0.506 e. The lowest BCUT2D eigenvalue weighted by molar-refractivity contribution is 0.0553. The molecule has 0 saturated heterocycles. The van der Waals surface area contributed by atoms with Crippen LogP contribution in [-0.2, 0) is 9.47 Å². The fourth-order valence-corrected chi connectivity index (χ4v) is 3.93. The summed E-state index contributed by atoms with van der Waals surface area (Å²) in [5, 5.41) is 13.0. The van der Waals surface area contributed by atoms with Gasteiger partial charge in [0.15, 0.2) is 11.5 Å². The van der Waals surface area contributed by atoms with E-state index >= 15 is 0 Å². The highest BCUT2D eigenvalue weighted by Crippen LogP contribution is 2.45. The van der Waals surface area contributed by atoms with Crippen LogP contribution in [0.2, 0.25) is 0 Å². The molecule has 1 aromatic heterocycles. The van der Waals surface area contributed by atoms with Gasteiger partial charge in [-0.3, -0.25) is 0 Å². The Bertz CT molecular complexity index is 1070. The van der Waals surface area contributed by atoms with E-state index in [1.807, 2.05) is 0 Å². The summed E-state index contributed by atoms with van der Waals surface area (Å²) in [5.41, 5.74) is 0.702. The fourth-order valence-electron chi connectivity index (χ4n) is 3.08. The lowest BCUT2D eigenvalue weighted by Crippen LogP contribution is -2.14. The van der Waals surface area contributed by atoms with Crippen molar-refractivity contribution in [1.82, 2.24) is 0 Å². The number of fused-ring (bicyclic) bond motifs is 1. The summed E-state index contributed by atoms with van der Waals surface area (Å²) in [6, 6.07) is 6.88. The highest BCUT2D eigenvalue weighted by Gasteiger charge is 2.31. The van der Waals surface area contributed by atoms with Gasteiger partial charge in [-0.05, 0) is 29.1 Å². The molecule has 0 bridgehead atoms. The summed E-state index contributed by atoms with van der Waals surface area (Å²) in [7, 11) is 5.40. The number of carbonyl (C=O) groups is 2. The molecule has 1 N–H and O–H groups in total. The molecule has 3 rings (SSSR count). The van der Waals surface area contributed by atoms with Crippen LogP contribution in [-0.4, -0.2) is 45.5 Å². The highest BCUT2D eigenvalue weighted by molar-refractivity contribution is 7.17. The van der Waals surface area contributed by atoms with Gasteiger partial charge < -0.3 is 24.1 Å². The molecular formula is C20H18O7S. The molecule has 7 nitrogen and oxygen atoms in total. The summed E-state index contributed by atoms with van der Waals surface area (Å²) in [6.07, 6.45) is 0. The summed E-state index contributed by atoms with van der Waals surface area (Å²) in [4.78, 5) is 25.1. The number of hydrogen-bond acceptors (Lipinski definition) is 8. The van der Waals surface area contributed by atoms with Crippen molar-refractivity contribution < 1.29 is 33.6 Å². The van der Waals surface area contributed by atoms with Gasteiger partial charge in [-0.25, -0.2) is 9.59 Å². The molecule has 28 heavy (non-hydrogen) atoms. The second kappa shape index (κ2) is 7.77. The Balaban J connectivity index is 2.48. The summed E-state index contributed by atoms with van der Waals surface area (Å²) < 4.78 is 20.8. The number of phenolic OH excluding ortho intramolecular Hbond substituents is 1. The second-order valence-corrected chi connectivity index (χ2v) is 6.61. The van der Waals surface area contributed by atoms with Gasteiger partial charge in [0.05, 0.1) is 38.7 Å². The van der Waals surface area contributed by atoms with Gasteiger partial charge in [0.2, 0.25) is 0 Å². The van der Waals surface area contributed by atoms with Crippen molar-refractivity contribution in [2.24, 2.45) is 0 Å². The first-order valence-electron chi connectivity index (χ1n) is 8.13. The minimum absolute atomic E-state index is 0.0787. The number of esters is 2. The fraction of sp³-hybridized carbons (Fsp3) is 0.200. The Morgan fingerprint density at radius 1 is 0.893 bits per heavy atom. The SMILES string of the molecule is COC(=O)c1c(C(=O)OC)c(O)c2sccc2c1-c1ccc(OC)c(OC)c1. The third kappa shape index (κ3) is 3.01. The number of rotatable bonds is 5. The lowest BCUT2D eigenvalue weighted by Gasteiger charge is -2.17. The van der Waals surface area contributed by atoms with E-state index in [1.165, 1.54) is 39.8 Å². The Labute approximate surface area is 165 Å². The third-order valence-electron chi connectivity index (χ3n) is 4.34. The average Bonchev–Trinajstić information content (AvgIpc) is 3.22. The van der Waals surface area contributed by atoms with E-state index < -0.39 is 11.9 Å². The minimum atomic E-state index is -0.838. The molecule has 0 aliphatic heterocycles. The first-order chi connectivity index (χ1) is 13.5. The van der Waals surface area contributed by atoms with Crippen molar-refractivity contribution in [3.8, 4) is 28.4 Å². The number of ether oxygens (including phenoxy) is 4. The monoisotopic (exact) mass is 402 g/mol. The number of hydrogen-bond donors (Lipinski definition) is 1. The quantitative estimate of drug-likeness (QED) is 0.648. The summed E-state index contributed by atoms with van der Waals surface area (Å²) in [6.45, 7) is 0. The van der Waals surface area contributed by atoms with Crippen molar-refractivity contribution in [1.29, 1.82) is 0 Å². The lowest BCUT2D eigenvalue weighted by atomic mass is 9.91. The van der Waals surface area contributed by atoms with Crippen LogP contribution in [0.15, 0.2) is 29.6 Å². The topological polar surface area (TPSA) is 91.3 Å². The zero-order chi connectivity index (χ0) is 20.4. The number of carbonyl (C=O) groups excluding carboxylic acids is 2. The third-order valence-corrected chi connectivity index (χ3v) is 5.26. The molecule has 1 heterocycles. The number of methoxy groups -OCH3 is 4. The summed E-state index contributed by atoms with van der Waals surface area (Å²) in [5.74, 6) is -0.962. The molecule has 0 atom stereocenters. The Morgan fingerprint density at radius 3 is 2.14 bits per heavy atom. The predicted octanol–water partition coefficient (Wildman–Crippen LogP) is 3.86. The average molecular weight is 402 g/mol. The molecular weight excluding hydrogens is 384 g/mol. The molecule has 0 amide bonds. The minimum Gasteiger partial charge on any atom is -0.506 e. The molecule has 3 aromatic rings. The van der Waals surface area contributed by atoms with Crippen molar-refractivity contribution in [2.45, 2.75) is 0 Å². The van der Waals surface area contributed by atoms with E-state index in [1.54, 1.807) is 29.6 Å². The van der Waals surface area contributed by atoms with Crippen LogP contribution >= 0.6 is 11.3 Å². The Kier molecular flexibility index (Phi) is 5.41. The van der Waals surface area contributed by atoms with Crippen molar-refractivity contribution in [3.63, 3.8) is 0 Å². The number of aromatic hydroxyl groups is 1. The van der Waals surface area contributed by atoms with Crippen LogP contribution in [0.5, 0.6) is 17.2 Å². The van der Waals surface area contributed by atoms with Crippen LogP contribution in [0, 0.1) is 0 Å². The molecule has 0 saturated carbocycles. The van der Waals surface area contributed by atoms with E-state index in [-0.39, 0.29) is 16.9 Å². The normalized spacial score (nSPS) is 10.6.